The van der Waals surface area contributed by atoms with Gasteiger partial charge in [-0.1, -0.05) is 17.9 Å². The minimum Gasteiger partial charge on any atom is -0.361 e. The lowest BCUT2D eigenvalue weighted by molar-refractivity contribution is 1.30. The van der Waals surface area contributed by atoms with Crippen molar-refractivity contribution in [2.75, 3.05) is 6.54 Å². The number of hydrogen-bond acceptors (Lipinski definition) is 1. The molecule has 2 heteroatoms. The SMILES string of the molecule is NCC#Cc1ccc2cc[nH]c2c1. The fourth-order valence-electron chi connectivity index (χ4n) is 1.28. The molecule has 2 aromatic rings. The van der Waals surface area contributed by atoms with Crippen LogP contribution in [0.2, 0.25) is 0 Å². The van der Waals surface area contributed by atoms with Gasteiger partial charge in [0.25, 0.3) is 0 Å². The highest BCUT2D eigenvalue weighted by Gasteiger charge is 1.93. The largest absolute Gasteiger partial charge is 0.361 e. The van der Waals surface area contributed by atoms with E-state index in [2.05, 4.69) is 16.8 Å². The van der Waals surface area contributed by atoms with E-state index in [4.69, 9.17) is 5.73 Å². The van der Waals surface area contributed by atoms with Gasteiger partial charge in [0.15, 0.2) is 0 Å². The topological polar surface area (TPSA) is 41.8 Å². The number of nitrogens with one attached hydrogen (secondary N) is 1. The van der Waals surface area contributed by atoms with Crippen molar-refractivity contribution in [1.29, 1.82) is 0 Å². The first kappa shape index (κ1) is 7.90. The maximum atomic E-state index is 5.29. The maximum Gasteiger partial charge on any atom is 0.0555 e. The Morgan fingerprint density at radius 2 is 2.23 bits per heavy atom. The zero-order valence-electron chi connectivity index (χ0n) is 7.17. The molecule has 1 heterocycles. The summed E-state index contributed by atoms with van der Waals surface area (Å²) in [5, 5.41) is 1.21. The maximum absolute atomic E-state index is 5.29. The van der Waals surface area contributed by atoms with Gasteiger partial charge in [0.05, 0.1) is 6.54 Å². The van der Waals surface area contributed by atoms with Crippen LogP contribution in [0, 0.1) is 11.8 Å². The molecule has 0 spiro atoms. The van der Waals surface area contributed by atoms with Gasteiger partial charge in [0, 0.05) is 17.3 Å². The molecule has 0 atom stereocenters. The minimum absolute atomic E-state index is 0.406. The molecule has 64 valence electrons. The molecule has 0 aliphatic heterocycles. The molecular weight excluding hydrogens is 160 g/mol. The normalized spacial score (nSPS) is 9.62. The summed E-state index contributed by atoms with van der Waals surface area (Å²) in [6.07, 6.45) is 1.92. The molecule has 0 aliphatic rings. The second kappa shape index (κ2) is 3.34. The number of fused-ring (bicyclic) bond motifs is 1. The number of hydrogen-bond donors (Lipinski definition) is 2. The fourth-order valence-corrected chi connectivity index (χ4v) is 1.28. The van der Waals surface area contributed by atoms with Crippen LogP contribution >= 0.6 is 0 Å². The summed E-state index contributed by atoms with van der Waals surface area (Å²) < 4.78 is 0. The average Bonchev–Trinajstić information content (AvgIpc) is 2.61. The first-order valence-corrected chi connectivity index (χ1v) is 4.16. The monoisotopic (exact) mass is 170 g/mol. The first-order chi connectivity index (χ1) is 6.40. The molecule has 0 aliphatic carbocycles. The lowest BCUT2D eigenvalue weighted by atomic mass is 10.2. The van der Waals surface area contributed by atoms with E-state index in [1.165, 1.54) is 5.39 Å². The van der Waals surface area contributed by atoms with Crippen LogP contribution in [0.25, 0.3) is 10.9 Å². The number of aromatic nitrogens is 1. The van der Waals surface area contributed by atoms with E-state index in [-0.39, 0.29) is 0 Å². The van der Waals surface area contributed by atoms with Crippen LogP contribution < -0.4 is 5.73 Å². The third-order valence-corrected chi connectivity index (χ3v) is 1.89. The predicted octanol–water partition coefficient (Wildman–Crippen LogP) is 1.48. The van der Waals surface area contributed by atoms with Crippen LogP contribution in [0.1, 0.15) is 5.56 Å². The summed E-state index contributed by atoms with van der Waals surface area (Å²) in [7, 11) is 0. The Labute approximate surface area is 76.8 Å². The Bertz CT molecular complexity index is 471. The van der Waals surface area contributed by atoms with Gasteiger partial charge in [-0.05, 0) is 23.6 Å². The molecular formula is C11H10N2. The summed E-state index contributed by atoms with van der Waals surface area (Å²) in [5.74, 6) is 5.82. The smallest absolute Gasteiger partial charge is 0.0555 e. The third kappa shape index (κ3) is 1.56. The first-order valence-electron chi connectivity index (χ1n) is 4.16. The average molecular weight is 170 g/mol. The van der Waals surface area contributed by atoms with Gasteiger partial charge in [-0.15, -0.1) is 0 Å². The van der Waals surface area contributed by atoms with Crippen molar-refractivity contribution in [2.45, 2.75) is 0 Å². The fraction of sp³-hybridized carbons (Fsp3) is 0.0909. The van der Waals surface area contributed by atoms with Gasteiger partial charge >= 0.3 is 0 Å². The van der Waals surface area contributed by atoms with Crippen molar-refractivity contribution in [3.05, 3.63) is 36.0 Å². The number of nitrogens with two attached hydrogens (primary N) is 1. The van der Waals surface area contributed by atoms with Crippen LogP contribution in [0.4, 0.5) is 0 Å². The van der Waals surface area contributed by atoms with Crippen molar-refractivity contribution in [2.24, 2.45) is 5.73 Å². The molecule has 0 saturated carbocycles. The molecule has 0 fully saturated rings. The van der Waals surface area contributed by atoms with E-state index in [9.17, 15) is 0 Å². The van der Waals surface area contributed by atoms with Gasteiger partial charge in [-0.3, -0.25) is 0 Å². The minimum atomic E-state index is 0.406. The van der Waals surface area contributed by atoms with Gasteiger partial charge in [-0.25, -0.2) is 0 Å². The van der Waals surface area contributed by atoms with Crippen molar-refractivity contribution < 1.29 is 0 Å². The number of benzene rings is 1. The molecule has 2 rings (SSSR count). The van der Waals surface area contributed by atoms with Crippen molar-refractivity contribution in [3.63, 3.8) is 0 Å². The number of H-pyrrole nitrogens is 1. The molecule has 0 unspecified atom stereocenters. The van der Waals surface area contributed by atoms with Crippen LogP contribution in [0.15, 0.2) is 30.5 Å². The van der Waals surface area contributed by atoms with Crippen molar-refractivity contribution in [1.82, 2.24) is 4.98 Å². The zero-order chi connectivity index (χ0) is 9.10. The summed E-state index contributed by atoms with van der Waals surface area (Å²) >= 11 is 0. The summed E-state index contributed by atoms with van der Waals surface area (Å²) in [6, 6.07) is 8.11. The molecule has 2 nitrogen and oxygen atoms in total. The highest BCUT2D eigenvalue weighted by atomic mass is 14.7. The van der Waals surface area contributed by atoms with Crippen LogP contribution in [0.3, 0.4) is 0 Å². The molecule has 13 heavy (non-hydrogen) atoms. The summed E-state index contributed by atoms with van der Waals surface area (Å²) in [6.45, 7) is 0.406. The Morgan fingerprint density at radius 3 is 3.08 bits per heavy atom. The van der Waals surface area contributed by atoms with Gasteiger partial charge in [0.1, 0.15) is 0 Å². The second-order valence-electron chi connectivity index (χ2n) is 2.79. The van der Waals surface area contributed by atoms with Crippen LogP contribution in [-0.4, -0.2) is 11.5 Å². The van der Waals surface area contributed by atoms with E-state index >= 15 is 0 Å². The van der Waals surface area contributed by atoms with E-state index in [0.29, 0.717) is 6.54 Å². The van der Waals surface area contributed by atoms with Gasteiger partial charge in [0.2, 0.25) is 0 Å². The number of aromatic amines is 1. The van der Waals surface area contributed by atoms with E-state index in [1.54, 1.807) is 0 Å². The molecule has 1 aromatic heterocycles. The summed E-state index contributed by atoms with van der Waals surface area (Å²) in [4.78, 5) is 3.14. The Kier molecular flexibility index (Phi) is 2.03. The number of rotatable bonds is 0. The molecule has 1 aromatic carbocycles. The molecule has 0 saturated heterocycles. The van der Waals surface area contributed by atoms with E-state index < -0.39 is 0 Å². The second-order valence-corrected chi connectivity index (χ2v) is 2.79. The van der Waals surface area contributed by atoms with Crippen molar-refractivity contribution in [3.8, 4) is 11.8 Å². The molecule has 0 amide bonds. The zero-order valence-corrected chi connectivity index (χ0v) is 7.17. The highest BCUT2D eigenvalue weighted by molar-refractivity contribution is 5.80. The molecule has 0 bridgehead atoms. The Balaban J connectivity index is 2.48. The standard InChI is InChI=1S/C11H10N2/c12-6-1-2-9-3-4-10-5-7-13-11(10)8-9/h3-5,7-8,13H,6,12H2. The lowest BCUT2D eigenvalue weighted by Crippen LogP contribution is -1.92. The van der Waals surface area contributed by atoms with Crippen LogP contribution in [-0.2, 0) is 0 Å². The highest BCUT2D eigenvalue weighted by Crippen LogP contribution is 2.13. The van der Waals surface area contributed by atoms with Crippen molar-refractivity contribution >= 4 is 10.9 Å². The predicted molar refractivity (Wildman–Crippen MR) is 54.2 cm³/mol. The van der Waals surface area contributed by atoms with E-state index in [0.717, 1.165) is 11.1 Å². The Hall–Kier alpha value is -1.72. The molecule has 3 N–H and O–H groups in total. The quantitative estimate of drug-likeness (QED) is 0.578. The summed E-state index contributed by atoms with van der Waals surface area (Å²) in [5.41, 5.74) is 7.40. The molecule has 0 radical (unpaired) electrons. The van der Waals surface area contributed by atoms with E-state index in [1.807, 2.05) is 30.5 Å². The lowest BCUT2D eigenvalue weighted by Gasteiger charge is -1.91. The van der Waals surface area contributed by atoms with Gasteiger partial charge in [-0.2, -0.15) is 0 Å². The third-order valence-electron chi connectivity index (χ3n) is 1.89. The van der Waals surface area contributed by atoms with Gasteiger partial charge < -0.3 is 10.7 Å². The Morgan fingerprint density at radius 1 is 1.31 bits per heavy atom. The van der Waals surface area contributed by atoms with Crippen LogP contribution in [0.5, 0.6) is 0 Å².